The van der Waals surface area contributed by atoms with Crippen molar-refractivity contribution in [1.29, 1.82) is 0 Å². The second-order valence-corrected chi connectivity index (χ2v) is 6.79. The highest BCUT2D eigenvalue weighted by atomic mass is 14.4. The highest BCUT2D eigenvalue weighted by molar-refractivity contribution is 4.86. The molecule has 0 heteroatoms. The zero-order valence-corrected chi connectivity index (χ0v) is 11.9. The molecule has 1 saturated carbocycles. The van der Waals surface area contributed by atoms with Gasteiger partial charge in [-0.25, -0.2) is 0 Å². The smallest absolute Gasteiger partial charge is 0.0323 e. The lowest BCUT2D eigenvalue weighted by Crippen LogP contribution is -2.33. The molecule has 3 atom stereocenters. The van der Waals surface area contributed by atoms with E-state index in [4.69, 9.17) is 0 Å². The summed E-state index contributed by atoms with van der Waals surface area (Å²) < 4.78 is 0. The maximum absolute atomic E-state index is 3.96. The van der Waals surface area contributed by atoms with Gasteiger partial charge in [0.05, 0.1) is 0 Å². The van der Waals surface area contributed by atoms with Crippen molar-refractivity contribution in [3.05, 3.63) is 6.92 Å². The quantitative estimate of drug-likeness (QED) is 0.579. The Bertz CT molecular complexity index is 192. The van der Waals surface area contributed by atoms with Gasteiger partial charge in [-0.15, -0.1) is 0 Å². The van der Waals surface area contributed by atoms with Crippen molar-refractivity contribution in [2.75, 3.05) is 0 Å². The van der Waals surface area contributed by atoms with Gasteiger partial charge < -0.3 is 0 Å². The lowest BCUT2D eigenvalue weighted by atomic mass is 9.62. The van der Waals surface area contributed by atoms with Crippen LogP contribution in [-0.2, 0) is 0 Å². The van der Waals surface area contributed by atoms with Crippen LogP contribution in [0.4, 0.5) is 0 Å². The van der Waals surface area contributed by atoms with Crippen LogP contribution in [-0.4, -0.2) is 0 Å². The molecule has 1 radical (unpaired) electrons. The van der Waals surface area contributed by atoms with Gasteiger partial charge in [0, 0.05) is 0 Å². The standard InChI is InChI=1S/C16H31/c1-6-8-13(2)10-11-15-14(3)9-7-12-16(15,4)5/h13-15H,1,6-12H2,2-5H3. The molecule has 1 fully saturated rings. The van der Waals surface area contributed by atoms with Crippen molar-refractivity contribution in [3.8, 4) is 0 Å². The van der Waals surface area contributed by atoms with Crippen molar-refractivity contribution in [2.45, 2.75) is 72.6 Å². The largest absolute Gasteiger partial charge is 0.0625 e. The fourth-order valence-corrected chi connectivity index (χ4v) is 3.67. The average Bonchev–Trinajstić information content (AvgIpc) is 2.16. The van der Waals surface area contributed by atoms with Crippen molar-refractivity contribution in [3.63, 3.8) is 0 Å². The van der Waals surface area contributed by atoms with Gasteiger partial charge in [-0.3, -0.25) is 0 Å². The molecule has 0 heterocycles. The molecule has 1 aliphatic carbocycles. The summed E-state index contributed by atoms with van der Waals surface area (Å²) in [6.45, 7) is 13.8. The van der Waals surface area contributed by atoms with Crippen LogP contribution in [0.3, 0.4) is 0 Å². The lowest BCUT2D eigenvalue weighted by molar-refractivity contribution is 0.0708. The average molecular weight is 223 g/mol. The van der Waals surface area contributed by atoms with E-state index in [-0.39, 0.29) is 0 Å². The number of hydrogen-bond donors (Lipinski definition) is 0. The first-order chi connectivity index (χ1) is 7.47. The van der Waals surface area contributed by atoms with Gasteiger partial charge in [0.15, 0.2) is 0 Å². The van der Waals surface area contributed by atoms with E-state index in [0.29, 0.717) is 5.41 Å². The van der Waals surface area contributed by atoms with Crippen LogP contribution in [0.25, 0.3) is 0 Å². The molecule has 0 N–H and O–H groups in total. The zero-order valence-electron chi connectivity index (χ0n) is 11.9. The third-order valence-electron chi connectivity index (χ3n) is 4.84. The molecule has 0 aromatic carbocycles. The first-order valence-electron chi connectivity index (χ1n) is 7.26. The Morgan fingerprint density at radius 1 is 1.31 bits per heavy atom. The fraction of sp³-hybridized carbons (Fsp3) is 0.938. The summed E-state index contributed by atoms with van der Waals surface area (Å²) in [6.07, 6.45) is 9.60. The van der Waals surface area contributed by atoms with Crippen LogP contribution in [0.1, 0.15) is 72.6 Å². The molecule has 0 bridgehead atoms. The first kappa shape index (κ1) is 14.1. The Hall–Kier alpha value is 0. The minimum absolute atomic E-state index is 0.585. The molecular weight excluding hydrogens is 192 g/mol. The van der Waals surface area contributed by atoms with Gasteiger partial charge >= 0.3 is 0 Å². The van der Waals surface area contributed by atoms with E-state index < -0.39 is 0 Å². The summed E-state index contributed by atoms with van der Waals surface area (Å²) in [5.41, 5.74) is 0.585. The van der Waals surface area contributed by atoms with Crippen LogP contribution in [0.5, 0.6) is 0 Å². The predicted molar refractivity (Wildman–Crippen MR) is 73.3 cm³/mol. The summed E-state index contributed by atoms with van der Waals surface area (Å²) in [5, 5.41) is 0. The topological polar surface area (TPSA) is 0 Å². The maximum Gasteiger partial charge on any atom is -0.0323 e. The molecular formula is C16H31. The van der Waals surface area contributed by atoms with E-state index >= 15 is 0 Å². The normalized spacial score (nSPS) is 31.3. The van der Waals surface area contributed by atoms with Crippen molar-refractivity contribution < 1.29 is 0 Å². The summed E-state index contributed by atoms with van der Waals surface area (Å²) in [4.78, 5) is 0. The molecule has 0 saturated heterocycles. The molecule has 0 nitrogen and oxygen atoms in total. The molecule has 95 valence electrons. The summed E-state index contributed by atoms with van der Waals surface area (Å²) in [5.74, 6) is 2.77. The second-order valence-electron chi connectivity index (χ2n) is 6.79. The Balaban J connectivity index is 2.43. The van der Waals surface area contributed by atoms with Gasteiger partial charge in [0.25, 0.3) is 0 Å². The van der Waals surface area contributed by atoms with Crippen molar-refractivity contribution in [2.24, 2.45) is 23.2 Å². The highest BCUT2D eigenvalue weighted by Gasteiger charge is 2.36. The van der Waals surface area contributed by atoms with E-state index in [1.807, 2.05) is 0 Å². The van der Waals surface area contributed by atoms with Crippen LogP contribution < -0.4 is 0 Å². The zero-order chi connectivity index (χ0) is 12.2. The summed E-state index contributed by atoms with van der Waals surface area (Å²) >= 11 is 0. The molecule has 3 unspecified atom stereocenters. The molecule has 0 aromatic heterocycles. The van der Waals surface area contributed by atoms with Crippen LogP contribution >= 0.6 is 0 Å². The van der Waals surface area contributed by atoms with Crippen LogP contribution in [0.15, 0.2) is 0 Å². The highest BCUT2D eigenvalue weighted by Crippen LogP contribution is 2.46. The minimum atomic E-state index is 0.585. The Morgan fingerprint density at radius 2 is 2.00 bits per heavy atom. The molecule has 1 rings (SSSR count). The molecule has 0 amide bonds. The van der Waals surface area contributed by atoms with Gasteiger partial charge in [0.2, 0.25) is 0 Å². The van der Waals surface area contributed by atoms with E-state index in [1.165, 1.54) is 38.5 Å². The fourth-order valence-electron chi connectivity index (χ4n) is 3.67. The molecule has 0 aromatic rings. The van der Waals surface area contributed by atoms with Crippen molar-refractivity contribution >= 4 is 0 Å². The Kier molecular flexibility index (Phi) is 5.34. The summed E-state index contributed by atoms with van der Waals surface area (Å²) in [7, 11) is 0. The first-order valence-corrected chi connectivity index (χ1v) is 7.26. The third kappa shape index (κ3) is 3.79. The van der Waals surface area contributed by atoms with Crippen LogP contribution in [0, 0.1) is 30.1 Å². The third-order valence-corrected chi connectivity index (χ3v) is 4.84. The molecule has 0 spiro atoms. The van der Waals surface area contributed by atoms with Gasteiger partial charge in [0.1, 0.15) is 0 Å². The second kappa shape index (κ2) is 6.07. The number of hydrogen-bond acceptors (Lipinski definition) is 0. The molecule has 16 heavy (non-hydrogen) atoms. The monoisotopic (exact) mass is 223 g/mol. The van der Waals surface area contributed by atoms with E-state index in [0.717, 1.165) is 24.2 Å². The van der Waals surface area contributed by atoms with Crippen LogP contribution in [0.2, 0.25) is 0 Å². The molecule has 0 aliphatic heterocycles. The lowest BCUT2D eigenvalue weighted by Gasteiger charge is -2.43. The van der Waals surface area contributed by atoms with E-state index in [2.05, 4.69) is 34.6 Å². The SMILES string of the molecule is [CH2]CCC(C)CCC1C(C)CCCC1(C)C. The van der Waals surface area contributed by atoms with Crippen molar-refractivity contribution in [1.82, 2.24) is 0 Å². The maximum atomic E-state index is 3.96. The van der Waals surface area contributed by atoms with Gasteiger partial charge in [-0.05, 0) is 36.0 Å². The Labute approximate surface area is 103 Å². The number of rotatable bonds is 5. The van der Waals surface area contributed by atoms with E-state index in [1.54, 1.807) is 0 Å². The van der Waals surface area contributed by atoms with Gasteiger partial charge in [-0.1, -0.05) is 66.7 Å². The van der Waals surface area contributed by atoms with E-state index in [9.17, 15) is 0 Å². The van der Waals surface area contributed by atoms with Gasteiger partial charge in [-0.2, -0.15) is 0 Å². The Morgan fingerprint density at radius 3 is 2.56 bits per heavy atom. The minimum Gasteiger partial charge on any atom is -0.0625 e. The predicted octanol–water partition coefficient (Wildman–Crippen LogP) is 5.48. The summed E-state index contributed by atoms with van der Waals surface area (Å²) in [6, 6.07) is 0. The molecule has 1 aliphatic rings.